The van der Waals surface area contributed by atoms with Gasteiger partial charge < -0.3 is 10.4 Å². The lowest BCUT2D eigenvalue weighted by atomic mass is 10.2. The Hall–Kier alpha value is -2.09. The first-order valence-corrected chi connectivity index (χ1v) is 6.67. The Balaban J connectivity index is 2.73. The van der Waals surface area contributed by atoms with Crippen molar-refractivity contribution < 1.29 is 19.6 Å². The van der Waals surface area contributed by atoms with Crippen LogP contribution in [0.15, 0.2) is 23.1 Å². The number of amides is 1. The van der Waals surface area contributed by atoms with Crippen molar-refractivity contribution in [2.45, 2.75) is 24.8 Å². The van der Waals surface area contributed by atoms with Gasteiger partial charge in [-0.2, -0.15) is 0 Å². The average Bonchev–Trinajstić information content (AvgIpc) is 2.33. The summed E-state index contributed by atoms with van der Waals surface area (Å²) in [5, 5.41) is 22.0. The van der Waals surface area contributed by atoms with Crippen LogP contribution in [0.25, 0.3) is 0 Å². The van der Waals surface area contributed by atoms with Crippen molar-refractivity contribution in [2.75, 3.05) is 5.75 Å². The van der Waals surface area contributed by atoms with E-state index in [1.807, 2.05) is 0 Å². The lowest BCUT2D eigenvalue weighted by Gasteiger charge is -2.12. The quantitative estimate of drug-likeness (QED) is 0.469. The SMILES string of the molecule is CC(=O)NC(CSc1ccc([N+](=O)[O-])c(C)c1)C(=O)O. The minimum Gasteiger partial charge on any atom is -0.480 e. The second kappa shape index (κ2) is 6.90. The van der Waals surface area contributed by atoms with Crippen molar-refractivity contribution in [3.63, 3.8) is 0 Å². The van der Waals surface area contributed by atoms with Crippen LogP contribution >= 0.6 is 11.8 Å². The number of carboxylic acid groups (broad SMARTS) is 1. The number of benzene rings is 1. The van der Waals surface area contributed by atoms with Crippen LogP contribution < -0.4 is 5.32 Å². The van der Waals surface area contributed by atoms with Gasteiger partial charge in [0, 0.05) is 29.2 Å². The number of hydrogen-bond acceptors (Lipinski definition) is 5. The molecule has 0 fully saturated rings. The first-order valence-electron chi connectivity index (χ1n) is 5.69. The summed E-state index contributed by atoms with van der Waals surface area (Å²) >= 11 is 1.22. The monoisotopic (exact) mass is 298 g/mol. The van der Waals surface area contributed by atoms with E-state index < -0.39 is 22.8 Å². The number of rotatable bonds is 6. The van der Waals surface area contributed by atoms with Crippen LogP contribution in [0.3, 0.4) is 0 Å². The number of nitro benzene ring substituents is 1. The van der Waals surface area contributed by atoms with Crippen LogP contribution in [-0.2, 0) is 9.59 Å². The van der Waals surface area contributed by atoms with E-state index in [4.69, 9.17) is 5.11 Å². The molecule has 108 valence electrons. The van der Waals surface area contributed by atoms with Crippen molar-refractivity contribution in [3.8, 4) is 0 Å². The lowest BCUT2D eigenvalue weighted by Crippen LogP contribution is -2.41. The fraction of sp³-hybridized carbons (Fsp3) is 0.333. The Morgan fingerprint density at radius 1 is 1.50 bits per heavy atom. The van der Waals surface area contributed by atoms with Gasteiger partial charge in [0.05, 0.1) is 4.92 Å². The van der Waals surface area contributed by atoms with E-state index in [1.54, 1.807) is 19.1 Å². The van der Waals surface area contributed by atoms with E-state index in [-0.39, 0.29) is 11.4 Å². The molecule has 1 aromatic carbocycles. The van der Waals surface area contributed by atoms with E-state index in [0.717, 1.165) is 0 Å². The summed E-state index contributed by atoms with van der Waals surface area (Å²) in [4.78, 5) is 32.8. The Morgan fingerprint density at radius 3 is 2.60 bits per heavy atom. The maximum Gasteiger partial charge on any atom is 0.327 e. The molecule has 1 aromatic rings. The number of nitro groups is 1. The fourth-order valence-electron chi connectivity index (χ4n) is 1.52. The summed E-state index contributed by atoms with van der Waals surface area (Å²) in [5.41, 5.74) is 0.525. The van der Waals surface area contributed by atoms with E-state index >= 15 is 0 Å². The molecule has 0 radical (unpaired) electrons. The number of carbonyl (C=O) groups is 2. The molecule has 0 saturated heterocycles. The van der Waals surface area contributed by atoms with Gasteiger partial charge in [-0.25, -0.2) is 4.79 Å². The normalized spacial score (nSPS) is 11.7. The number of nitrogens with zero attached hydrogens (tertiary/aromatic N) is 1. The van der Waals surface area contributed by atoms with Gasteiger partial charge in [-0.1, -0.05) is 0 Å². The van der Waals surface area contributed by atoms with Crippen molar-refractivity contribution in [2.24, 2.45) is 0 Å². The lowest BCUT2D eigenvalue weighted by molar-refractivity contribution is -0.385. The van der Waals surface area contributed by atoms with Crippen molar-refractivity contribution in [3.05, 3.63) is 33.9 Å². The molecule has 0 spiro atoms. The Morgan fingerprint density at radius 2 is 2.15 bits per heavy atom. The molecule has 0 heterocycles. The number of hydrogen-bond donors (Lipinski definition) is 2. The number of carbonyl (C=O) groups excluding carboxylic acids is 1. The fourth-order valence-corrected chi connectivity index (χ4v) is 2.53. The van der Waals surface area contributed by atoms with Gasteiger partial charge in [0.2, 0.25) is 5.91 Å². The highest BCUT2D eigenvalue weighted by Gasteiger charge is 2.19. The molecule has 7 nitrogen and oxygen atoms in total. The molecule has 0 aliphatic carbocycles. The van der Waals surface area contributed by atoms with E-state index in [1.165, 1.54) is 24.8 Å². The van der Waals surface area contributed by atoms with Gasteiger partial charge in [-0.3, -0.25) is 14.9 Å². The Kier molecular flexibility index (Phi) is 5.51. The highest BCUT2D eigenvalue weighted by molar-refractivity contribution is 7.99. The van der Waals surface area contributed by atoms with Gasteiger partial charge in [0.15, 0.2) is 0 Å². The van der Waals surface area contributed by atoms with Crippen LogP contribution in [0.2, 0.25) is 0 Å². The predicted octanol–water partition coefficient (Wildman–Crippen LogP) is 1.58. The van der Waals surface area contributed by atoms with Crippen LogP contribution in [0, 0.1) is 17.0 Å². The molecule has 1 atom stereocenters. The summed E-state index contributed by atoms with van der Waals surface area (Å²) in [5.74, 6) is -1.39. The maximum atomic E-state index is 10.9. The zero-order valence-electron chi connectivity index (χ0n) is 11.0. The van der Waals surface area contributed by atoms with Crippen molar-refractivity contribution >= 4 is 29.3 Å². The zero-order valence-corrected chi connectivity index (χ0v) is 11.8. The highest BCUT2D eigenvalue weighted by atomic mass is 32.2. The number of aliphatic carboxylic acids is 1. The van der Waals surface area contributed by atoms with Gasteiger partial charge >= 0.3 is 5.97 Å². The van der Waals surface area contributed by atoms with Gasteiger partial charge in [-0.05, 0) is 19.1 Å². The summed E-state index contributed by atoms with van der Waals surface area (Å²) in [6.07, 6.45) is 0. The second-order valence-electron chi connectivity index (χ2n) is 4.11. The second-order valence-corrected chi connectivity index (χ2v) is 5.20. The predicted molar refractivity (Wildman–Crippen MR) is 73.8 cm³/mol. The molecular weight excluding hydrogens is 284 g/mol. The molecule has 1 unspecified atom stereocenters. The largest absolute Gasteiger partial charge is 0.480 e. The average molecular weight is 298 g/mol. The molecule has 0 bridgehead atoms. The first kappa shape index (κ1) is 16.0. The third kappa shape index (κ3) is 4.54. The summed E-state index contributed by atoms with van der Waals surface area (Å²) in [6, 6.07) is 3.57. The smallest absolute Gasteiger partial charge is 0.327 e. The molecular formula is C12H14N2O5S. The van der Waals surface area contributed by atoms with Crippen LogP contribution in [0.5, 0.6) is 0 Å². The van der Waals surface area contributed by atoms with Crippen LogP contribution in [0.4, 0.5) is 5.69 Å². The molecule has 0 aliphatic heterocycles. The molecule has 1 rings (SSSR count). The minimum absolute atomic E-state index is 0.0194. The van der Waals surface area contributed by atoms with E-state index in [0.29, 0.717) is 10.5 Å². The number of carboxylic acids is 1. The third-order valence-corrected chi connectivity index (χ3v) is 3.54. The molecule has 2 N–H and O–H groups in total. The Bertz CT molecular complexity index is 547. The molecule has 0 aliphatic rings. The number of aryl methyl sites for hydroxylation is 1. The van der Waals surface area contributed by atoms with Crippen molar-refractivity contribution in [1.29, 1.82) is 0 Å². The van der Waals surface area contributed by atoms with Gasteiger partial charge in [0.25, 0.3) is 5.69 Å². The van der Waals surface area contributed by atoms with E-state index in [9.17, 15) is 19.7 Å². The molecule has 8 heteroatoms. The molecule has 1 amide bonds. The first-order chi connectivity index (χ1) is 9.31. The summed E-state index contributed by atoms with van der Waals surface area (Å²) < 4.78 is 0. The van der Waals surface area contributed by atoms with Crippen LogP contribution in [0.1, 0.15) is 12.5 Å². The van der Waals surface area contributed by atoms with Crippen LogP contribution in [-0.4, -0.2) is 33.7 Å². The topological polar surface area (TPSA) is 110 Å². The molecule has 0 aromatic heterocycles. The van der Waals surface area contributed by atoms with Gasteiger partial charge in [0.1, 0.15) is 6.04 Å². The van der Waals surface area contributed by atoms with Crippen molar-refractivity contribution in [1.82, 2.24) is 5.32 Å². The number of nitrogens with one attached hydrogen (secondary N) is 1. The summed E-state index contributed by atoms with van der Waals surface area (Å²) in [6.45, 7) is 2.86. The molecule has 0 saturated carbocycles. The Labute approximate surface area is 119 Å². The minimum atomic E-state index is -1.12. The summed E-state index contributed by atoms with van der Waals surface area (Å²) in [7, 11) is 0. The molecule has 20 heavy (non-hydrogen) atoms. The highest BCUT2D eigenvalue weighted by Crippen LogP contribution is 2.25. The standard InChI is InChI=1S/C12H14N2O5S/c1-7-5-9(3-4-11(7)14(18)19)20-6-10(12(16)17)13-8(2)15/h3-5,10H,6H2,1-2H3,(H,13,15)(H,16,17). The van der Waals surface area contributed by atoms with E-state index in [2.05, 4.69) is 5.32 Å². The zero-order chi connectivity index (χ0) is 15.3. The third-order valence-electron chi connectivity index (χ3n) is 2.46. The number of thioether (sulfide) groups is 1. The van der Waals surface area contributed by atoms with Gasteiger partial charge in [-0.15, -0.1) is 11.8 Å². The maximum absolute atomic E-state index is 10.9.